The van der Waals surface area contributed by atoms with Gasteiger partial charge < -0.3 is 10.2 Å². The molecule has 20 heavy (non-hydrogen) atoms. The van der Waals surface area contributed by atoms with E-state index in [1.54, 1.807) is 0 Å². The molecule has 1 amide bonds. The number of rotatable bonds is 4. The van der Waals surface area contributed by atoms with Crippen molar-refractivity contribution in [3.05, 3.63) is 23.2 Å². The summed E-state index contributed by atoms with van der Waals surface area (Å²) in [6, 6.07) is 0.560. The lowest BCUT2D eigenvalue weighted by Crippen LogP contribution is -2.43. The van der Waals surface area contributed by atoms with Crippen molar-refractivity contribution < 1.29 is 4.79 Å². The van der Waals surface area contributed by atoms with Crippen molar-refractivity contribution in [3.8, 4) is 0 Å². The van der Waals surface area contributed by atoms with Gasteiger partial charge in [0.15, 0.2) is 0 Å². The minimum atomic E-state index is -0.223. The average Bonchev–Trinajstić information content (AvgIpc) is 2.45. The molecule has 110 valence electrons. The molecule has 0 bridgehead atoms. The maximum Gasteiger partial charge on any atom is 0.271 e. The second-order valence-electron chi connectivity index (χ2n) is 5.53. The van der Waals surface area contributed by atoms with Crippen LogP contribution in [0.1, 0.15) is 37.2 Å². The fraction of sp³-hybridized carbons (Fsp3) is 0.643. The molecule has 0 unspecified atom stereocenters. The quantitative estimate of drug-likeness (QED) is 0.923. The number of hydrogen-bond acceptors (Lipinski definition) is 4. The number of nitrogens with zero attached hydrogens (tertiary/aromatic N) is 3. The normalized spacial score (nSPS) is 20.1. The molecule has 1 fully saturated rings. The number of carbonyl (C=O) groups is 1. The highest BCUT2D eigenvalue weighted by molar-refractivity contribution is 6.33. The van der Waals surface area contributed by atoms with Gasteiger partial charge in [0.05, 0.1) is 5.02 Å². The Morgan fingerprint density at radius 3 is 3.10 bits per heavy atom. The van der Waals surface area contributed by atoms with Crippen LogP contribution in [0.4, 0.5) is 0 Å². The fourth-order valence-electron chi connectivity index (χ4n) is 2.53. The third-order valence-electron chi connectivity index (χ3n) is 3.71. The first-order valence-electron chi connectivity index (χ1n) is 7.05. The highest BCUT2D eigenvalue weighted by Gasteiger charge is 2.22. The fourth-order valence-corrected chi connectivity index (χ4v) is 2.72. The van der Waals surface area contributed by atoms with Crippen molar-refractivity contribution in [3.63, 3.8) is 0 Å². The maximum absolute atomic E-state index is 12.0. The van der Waals surface area contributed by atoms with Crippen molar-refractivity contribution in [2.24, 2.45) is 5.92 Å². The molecule has 1 aliphatic heterocycles. The van der Waals surface area contributed by atoms with E-state index in [0.29, 0.717) is 18.5 Å². The van der Waals surface area contributed by atoms with E-state index in [0.717, 1.165) is 19.5 Å². The molecule has 0 aliphatic carbocycles. The van der Waals surface area contributed by atoms with E-state index < -0.39 is 0 Å². The van der Waals surface area contributed by atoms with Gasteiger partial charge in [-0.15, -0.1) is 0 Å². The summed E-state index contributed by atoms with van der Waals surface area (Å²) in [5.74, 6) is 0.273. The Kier molecular flexibility index (Phi) is 5.31. The maximum atomic E-state index is 12.0. The molecule has 2 heterocycles. The van der Waals surface area contributed by atoms with Crippen LogP contribution < -0.4 is 5.32 Å². The van der Waals surface area contributed by atoms with E-state index in [9.17, 15) is 4.79 Å². The summed E-state index contributed by atoms with van der Waals surface area (Å²) in [5, 5.41) is 3.22. The Bertz CT molecular complexity index is 466. The molecular formula is C14H21ClN4O. The molecule has 0 saturated carbocycles. The number of halogens is 1. The summed E-state index contributed by atoms with van der Waals surface area (Å²) in [4.78, 5) is 22.2. The van der Waals surface area contributed by atoms with Gasteiger partial charge in [0.1, 0.15) is 12.0 Å². The van der Waals surface area contributed by atoms with E-state index >= 15 is 0 Å². The number of nitrogens with one attached hydrogen (secondary N) is 1. The predicted molar refractivity (Wildman–Crippen MR) is 78.8 cm³/mol. The van der Waals surface area contributed by atoms with E-state index in [-0.39, 0.29) is 16.6 Å². The lowest BCUT2D eigenvalue weighted by atomic mass is 9.97. The summed E-state index contributed by atoms with van der Waals surface area (Å²) in [5.41, 5.74) is 0.248. The summed E-state index contributed by atoms with van der Waals surface area (Å²) >= 11 is 5.91. The van der Waals surface area contributed by atoms with Crippen LogP contribution in [-0.4, -0.2) is 46.5 Å². The van der Waals surface area contributed by atoms with Crippen molar-refractivity contribution in [1.29, 1.82) is 0 Å². The zero-order chi connectivity index (χ0) is 14.5. The molecule has 5 nitrogen and oxygen atoms in total. The molecule has 1 saturated heterocycles. The number of aromatic nitrogens is 2. The van der Waals surface area contributed by atoms with Gasteiger partial charge in [0.2, 0.25) is 0 Å². The first-order valence-corrected chi connectivity index (χ1v) is 7.43. The zero-order valence-corrected chi connectivity index (χ0v) is 12.7. The van der Waals surface area contributed by atoms with Gasteiger partial charge in [-0.25, -0.2) is 9.97 Å². The Labute approximate surface area is 124 Å². The van der Waals surface area contributed by atoms with Crippen molar-refractivity contribution in [1.82, 2.24) is 20.2 Å². The van der Waals surface area contributed by atoms with Gasteiger partial charge in [-0.3, -0.25) is 4.79 Å². The van der Waals surface area contributed by atoms with Gasteiger partial charge in [0, 0.05) is 25.3 Å². The zero-order valence-electron chi connectivity index (χ0n) is 12.0. The summed E-state index contributed by atoms with van der Waals surface area (Å²) in [6.45, 7) is 7.28. The molecule has 1 atom stereocenters. The van der Waals surface area contributed by atoms with Gasteiger partial charge in [-0.2, -0.15) is 0 Å². The highest BCUT2D eigenvalue weighted by Crippen LogP contribution is 2.18. The van der Waals surface area contributed by atoms with E-state index in [2.05, 4.69) is 34.0 Å². The molecule has 1 aromatic heterocycles. The average molecular weight is 297 g/mol. The van der Waals surface area contributed by atoms with Crippen LogP contribution in [0.15, 0.2) is 12.5 Å². The minimum absolute atomic E-state index is 0.223. The molecule has 1 N–H and O–H groups in total. The van der Waals surface area contributed by atoms with Crippen LogP contribution in [0, 0.1) is 5.92 Å². The minimum Gasteiger partial charge on any atom is -0.350 e. The topological polar surface area (TPSA) is 58.1 Å². The lowest BCUT2D eigenvalue weighted by molar-refractivity contribution is 0.0918. The number of amides is 1. The first-order chi connectivity index (χ1) is 9.58. The number of likely N-dealkylation sites (tertiary alicyclic amines) is 1. The van der Waals surface area contributed by atoms with Gasteiger partial charge in [-0.1, -0.05) is 11.6 Å². The first kappa shape index (κ1) is 15.2. The highest BCUT2D eigenvalue weighted by atomic mass is 35.5. The SMILES string of the molecule is CC(C)N1CCC[C@H](CNC(=O)c2ncncc2Cl)C1. The lowest BCUT2D eigenvalue weighted by Gasteiger charge is -2.35. The van der Waals surface area contributed by atoms with Crippen LogP contribution in [-0.2, 0) is 0 Å². The summed E-state index contributed by atoms with van der Waals surface area (Å²) < 4.78 is 0. The van der Waals surface area contributed by atoms with Crippen molar-refractivity contribution in [2.45, 2.75) is 32.7 Å². The van der Waals surface area contributed by atoms with Crippen molar-refractivity contribution >= 4 is 17.5 Å². The Morgan fingerprint density at radius 2 is 2.40 bits per heavy atom. The molecule has 1 aliphatic rings. The molecule has 0 spiro atoms. The largest absolute Gasteiger partial charge is 0.350 e. The van der Waals surface area contributed by atoms with Crippen LogP contribution >= 0.6 is 11.6 Å². The van der Waals surface area contributed by atoms with Crippen LogP contribution in [0.25, 0.3) is 0 Å². The molecule has 1 aromatic rings. The number of carbonyl (C=O) groups excluding carboxylic acids is 1. The molecule has 0 radical (unpaired) electrons. The monoisotopic (exact) mass is 296 g/mol. The Balaban J connectivity index is 1.86. The second kappa shape index (κ2) is 6.99. The van der Waals surface area contributed by atoms with Crippen LogP contribution in [0.5, 0.6) is 0 Å². The number of hydrogen-bond donors (Lipinski definition) is 1. The van der Waals surface area contributed by atoms with Crippen LogP contribution in [0.2, 0.25) is 5.02 Å². The van der Waals surface area contributed by atoms with E-state index in [1.165, 1.54) is 18.9 Å². The Morgan fingerprint density at radius 1 is 1.60 bits per heavy atom. The second-order valence-corrected chi connectivity index (χ2v) is 5.93. The van der Waals surface area contributed by atoms with E-state index in [4.69, 9.17) is 11.6 Å². The van der Waals surface area contributed by atoms with Crippen LogP contribution in [0.3, 0.4) is 0 Å². The molecule has 0 aromatic carbocycles. The summed E-state index contributed by atoms with van der Waals surface area (Å²) in [6.07, 6.45) is 5.11. The van der Waals surface area contributed by atoms with Gasteiger partial charge >= 0.3 is 0 Å². The summed E-state index contributed by atoms with van der Waals surface area (Å²) in [7, 11) is 0. The molecule has 2 rings (SSSR count). The molecule has 6 heteroatoms. The smallest absolute Gasteiger partial charge is 0.271 e. The standard InChI is InChI=1S/C14H21ClN4O/c1-10(2)19-5-3-4-11(8-19)6-17-14(20)13-12(15)7-16-9-18-13/h7,9-11H,3-6,8H2,1-2H3,(H,17,20)/t11-/m1/s1. The number of piperidine rings is 1. The predicted octanol–water partition coefficient (Wildman–Crippen LogP) is 1.98. The van der Waals surface area contributed by atoms with Crippen molar-refractivity contribution in [2.75, 3.05) is 19.6 Å². The Hall–Kier alpha value is -1.20. The van der Waals surface area contributed by atoms with Gasteiger partial charge in [-0.05, 0) is 39.2 Å². The van der Waals surface area contributed by atoms with Gasteiger partial charge in [0.25, 0.3) is 5.91 Å². The third kappa shape index (κ3) is 3.90. The van der Waals surface area contributed by atoms with E-state index in [1.807, 2.05) is 0 Å². The third-order valence-corrected chi connectivity index (χ3v) is 3.99. The molecular weight excluding hydrogens is 276 g/mol.